The van der Waals surface area contributed by atoms with E-state index < -0.39 is 5.41 Å². The molecule has 0 aliphatic carbocycles. The van der Waals surface area contributed by atoms with E-state index in [4.69, 9.17) is 5.48 Å². The first-order valence-corrected chi connectivity index (χ1v) is 17.3. The van der Waals surface area contributed by atoms with Crippen molar-refractivity contribution >= 4 is 43.6 Å². The Bertz CT molecular complexity index is 2980. The normalized spacial score (nSPS) is 13.0. The highest BCUT2D eigenvalue weighted by Gasteiger charge is 2.38. The number of rotatable bonds is 6. The summed E-state index contributed by atoms with van der Waals surface area (Å²) in [6, 6.07) is 63.3. The molecule has 0 saturated heterocycles. The van der Waals surface area contributed by atoms with E-state index in [-0.39, 0.29) is 24.2 Å². The lowest BCUT2D eigenvalue weighted by molar-refractivity contribution is 0.744. The highest BCUT2D eigenvalue weighted by Crippen LogP contribution is 2.46. The number of hydrogen-bond donors (Lipinski definition) is 0. The van der Waals surface area contributed by atoms with Gasteiger partial charge in [0, 0.05) is 32.9 Å². The van der Waals surface area contributed by atoms with Crippen LogP contribution in [0.1, 0.15) is 27.7 Å². The topological polar surface area (TPSA) is 9.86 Å². The number of hydrogen-bond acceptors (Lipinski definition) is 0. The number of para-hydroxylation sites is 3. The second kappa shape index (κ2) is 11.8. The Kier molecular flexibility index (Phi) is 5.84. The van der Waals surface area contributed by atoms with Gasteiger partial charge in [-0.05, 0) is 70.8 Å². The second-order valence-electron chi connectivity index (χ2n) is 13.0. The van der Waals surface area contributed by atoms with Crippen LogP contribution in [0.2, 0.25) is 0 Å². The second-order valence-corrected chi connectivity index (χ2v) is 13.0. The average Bonchev–Trinajstić information content (AvgIpc) is 3.77. The van der Waals surface area contributed by atoms with E-state index >= 15 is 0 Å². The molecule has 0 fully saturated rings. The van der Waals surface area contributed by atoms with Crippen LogP contribution in [0.25, 0.3) is 55.0 Å². The highest BCUT2D eigenvalue weighted by atomic mass is 15.0. The van der Waals surface area contributed by atoms with Gasteiger partial charge in [0.25, 0.3) is 0 Å². The van der Waals surface area contributed by atoms with Gasteiger partial charge in [-0.15, -0.1) is 0 Å². The molecule has 51 heavy (non-hydrogen) atoms. The van der Waals surface area contributed by atoms with Gasteiger partial charge in [0.2, 0.25) is 0 Å². The molecule has 0 spiro atoms. The van der Waals surface area contributed by atoms with Gasteiger partial charge in [0.05, 0.1) is 33.0 Å². The number of fused-ring (bicyclic) bond motifs is 6. The van der Waals surface area contributed by atoms with E-state index in [2.05, 4.69) is 162 Å². The summed E-state index contributed by atoms with van der Waals surface area (Å²) < 4.78 is 39.1. The molecule has 0 bridgehead atoms. The van der Waals surface area contributed by atoms with Crippen molar-refractivity contribution in [1.82, 2.24) is 9.13 Å². The maximum atomic E-state index is 9.00. The average molecular weight is 655 g/mol. The molecular weight excluding hydrogens is 617 g/mol. The van der Waals surface area contributed by atoms with Crippen molar-refractivity contribution in [2.45, 2.75) is 5.41 Å². The Morgan fingerprint density at radius 3 is 1.43 bits per heavy atom. The van der Waals surface area contributed by atoms with Gasteiger partial charge in [-0.1, -0.05) is 158 Å². The Morgan fingerprint density at radius 1 is 0.333 bits per heavy atom. The van der Waals surface area contributed by atoms with Gasteiger partial charge in [0.15, 0.2) is 0 Å². The first-order chi connectivity index (χ1) is 27.0. The molecule has 8 aromatic carbocycles. The molecule has 0 aliphatic heterocycles. The molecule has 240 valence electrons. The Morgan fingerprint density at radius 2 is 0.804 bits per heavy atom. The molecule has 10 rings (SSSR count). The molecule has 0 N–H and O–H groups in total. The number of benzene rings is 8. The van der Waals surface area contributed by atoms with E-state index in [0.29, 0.717) is 10.9 Å². The van der Waals surface area contributed by atoms with Crippen LogP contribution in [0.15, 0.2) is 206 Å². The third-order valence-corrected chi connectivity index (χ3v) is 10.4. The lowest BCUT2D eigenvalue weighted by atomic mass is 9.65. The minimum Gasteiger partial charge on any atom is -0.309 e. The minimum absolute atomic E-state index is 0.0268. The van der Waals surface area contributed by atoms with Crippen molar-refractivity contribution < 1.29 is 5.48 Å². The van der Waals surface area contributed by atoms with Crippen LogP contribution < -0.4 is 0 Å². The predicted molar refractivity (Wildman–Crippen MR) is 213 cm³/mol. The summed E-state index contributed by atoms with van der Waals surface area (Å²) in [6.45, 7) is 0. The summed E-state index contributed by atoms with van der Waals surface area (Å²) in [5.41, 5.74) is 9.38. The molecular formula is C49H34N2. The summed E-state index contributed by atoms with van der Waals surface area (Å²) in [5.74, 6) is 0. The molecule has 0 radical (unpaired) electrons. The molecule has 2 aromatic heterocycles. The Balaban J connectivity index is 1.24. The van der Waals surface area contributed by atoms with Crippen molar-refractivity contribution in [1.29, 1.82) is 0 Å². The van der Waals surface area contributed by atoms with Crippen molar-refractivity contribution in [2.24, 2.45) is 0 Å². The molecule has 0 unspecified atom stereocenters. The molecule has 0 amide bonds. The maximum Gasteiger partial charge on any atom is 0.0702 e. The third-order valence-electron chi connectivity index (χ3n) is 10.4. The molecule has 0 atom stereocenters. The van der Waals surface area contributed by atoms with Crippen LogP contribution in [0, 0.1) is 0 Å². The standard InChI is InChI=1S/C49H34N2/c1-4-17-35(18-5-1)49(36-19-6-2-7-20-36,37-21-8-3-9-22-37)38-23-16-24-39(33-38)50-47-30-15-12-27-43(47)44-34-40(31-32-48(44)50)51-45-28-13-10-25-41(45)42-26-11-14-29-46(42)51/h1-34H/i10D,13D,25D,28D. The fourth-order valence-corrected chi connectivity index (χ4v) is 8.26. The van der Waals surface area contributed by atoms with Gasteiger partial charge >= 0.3 is 0 Å². The SMILES string of the molecule is [2H]c1c([2H])c([2H])c2c(c1[2H])c1ccccc1n2-c1ccc2c(c1)c1ccccc1n2-c1cccc(C(c2ccccc2)(c2ccccc2)c2ccccc2)c1. The Hall–Kier alpha value is -6.64. The minimum atomic E-state index is -0.595. The fraction of sp³-hybridized carbons (Fsp3) is 0.0204. The zero-order valence-corrected chi connectivity index (χ0v) is 27.7. The van der Waals surface area contributed by atoms with Crippen LogP contribution in [0.5, 0.6) is 0 Å². The van der Waals surface area contributed by atoms with Crippen molar-refractivity contribution in [3.05, 3.63) is 228 Å². The van der Waals surface area contributed by atoms with Gasteiger partial charge < -0.3 is 9.13 Å². The molecule has 2 nitrogen and oxygen atoms in total. The number of nitrogens with zero attached hydrogens (tertiary/aromatic N) is 2. The largest absolute Gasteiger partial charge is 0.309 e. The van der Waals surface area contributed by atoms with E-state index in [9.17, 15) is 0 Å². The van der Waals surface area contributed by atoms with Crippen LogP contribution in [-0.4, -0.2) is 9.13 Å². The van der Waals surface area contributed by atoms with Gasteiger partial charge in [-0.2, -0.15) is 0 Å². The zero-order valence-electron chi connectivity index (χ0n) is 31.7. The lowest BCUT2D eigenvalue weighted by Gasteiger charge is -2.37. The van der Waals surface area contributed by atoms with Crippen LogP contribution in [0.3, 0.4) is 0 Å². The van der Waals surface area contributed by atoms with Gasteiger partial charge in [-0.3, -0.25) is 0 Å². The summed E-state index contributed by atoms with van der Waals surface area (Å²) in [5, 5.41) is 3.46. The molecule has 2 heterocycles. The molecule has 0 aliphatic rings. The first kappa shape index (κ1) is 25.3. The van der Waals surface area contributed by atoms with Crippen LogP contribution in [-0.2, 0) is 5.41 Å². The van der Waals surface area contributed by atoms with Gasteiger partial charge in [-0.25, -0.2) is 0 Å². The van der Waals surface area contributed by atoms with E-state index in [1.165, 1.54) is 16.7 Å². The summed E-state index contributed by atoms with van der Waals surface area (Å²) in [4.78, 5) is 0. The fourth-order valence-electron chi connectivity index (χ4n) is 8.26. The monoisotopic (exact) mass is 654 g/mol. The number of aromatic nitrogens is 2. The molecule has 0 saturated carbocycles. The molecule has 10 aromatic rings. The molecule has 2 heteroatoms. The van der Waals surface area contributed by atoms with Crippen molar-refractivity contribution in [3.8, 4) is 11.4 Å². The van der Waals surface area contributed by atoms with E-state index in [1.807, 2.05) is 28.8 Å². The quantitative estimate of drug-likeness (QED) is 0.158. The maximum absolute atomic E-state index is 9.00. The van der Waals surface area contributed by atoms with Crippen LogP contribution in [0.4, 0.5) is 0 Å². The first-order valence-electron chi connectivity index (χ1n) is 19.3. The van der Waals surface area contributed by atoms with Crippen LogP contribution >= 0.6 is 0 Å². The Labute approximate surface area is 302 Å². The summed E-state index contributed by atoms with van der Waals surface area (Å²) >= 11 is 0. The van der Waals surface area contributed by atoms with Crippen molar-refractivity contribution in [2.75, 3.05) is 0 Å². The zero-order chi connectivity index (χ0) is 37.3. The van der Waals surface area contributed by atoms with Crippen molar-refractivity contribution in [3.63, 3.8) is 0 Å². The third kappa shape index (κ3) is 4.43. The summed E-state index contributed by atoms with van der Waals surface area (Å²) in [7, 11) is 0. The lowest BCUT2D eigenvalue weighted by Crippen LogP contribution is -2.31. The summed E-state index contributed by atoms with van der Waals surface area (Å²) in [6.07, 6.45) is 0. The van der Waals surface area contributed by atoms with Gasteiger partial charge in [0.1, 0.15) is 0 Å². The predicted octanol–water partition coefficient (Wildman–Crippen LogP) is 12.3. The smallest absolute Gasteiger partial charge is 0.0702 e. The highest BCUT2D eigenvalue weighted by molar-refractivity contribution is 6.12. The van der Waals surface area contributed by atoms with E-state index in [1.54, 1.807) is 0 Å². The van der Waals surface area contributed by atoms with E-state index in [0.717, 1.165) is 49.6 Å².